The van der Waals surface area contributed by atoms with Crippen LogP contribution in [-0.4, -0.2) is 36.0 Å². The Balaban J connectivity index is 1.72. The topological polar surface area (TPSA) is 61.4 Å². The van der Waals surface area contributed by atoms with Gasteiger partial charge in [-0.1, -0.05) is 18.2 Å². The quantitative estimate of drug-likeness (QED) is 0.929. The van der Waals surface area contributed by atoms with E-state index in [0.29, 0.717) is 13.1 Å². The fourth-order valence-electron chi connectivity index (χ4n) is 3.29. The van der Waals surface area contributed by atoms with Gasteiger partial charge in [0.1, 0.15) is 18.0 Å². The Morgan fingerprint density at radius 2 is 2.00 bits per heavy atom. The van der Waals surface area contributed by atoms with E-state index in [1.807, 2.05) is 48.0 Å². The third kappa shape index (κ3) is 3.16. The molecule has 1 aliphatic carbocycles. The Morgan fingerprint density at radius 1 is 1.20 bits per heavy atom. The third-order valence-electron chi connectivity index (χ3n) is 4.94. The van der Waals surface area contributed by atoms with E-state index < -0.39 is 0 Å². The van der Waals surface area contributed by atoms with Crippen LogP contribution >= 0.6 is 0 Å². The molecular weight excluding hydrogens is 314 g/mol. The molecule has 130 valence electrons. The number of fused-ring (bicyclic) bond motifs is 1. The van der Waals surface area contributed by atoms with Crippen molar-refractivity contribution in [2.75, 3.05) is 35.3 Å². The molecule has 6 heteroatoms. The molecule has 1 aliphatic heterocycles. The van der Waals surface area contributed by atoms with Crippen molar-refractivity contribution in [3.8, 4) is 0 Å². The van der Waals surface area contributed by atoms with Crippen molar-refractivity contribution < 1.29 is 4.79 Å². The SMILES string of the molecule is Cc1ccccc1N1Cc2c(NCC3CC3)ncnc2N(C)CC1=O. The van der Waals surface area contributed by atoms with Gasteiger partial charge in [-0.2, -0.15) is 0 Å². The first-order valence-corrected chi connectivity index (χ1v) is 8.78. The molecule has 1 aromatic heterocycles. The van der Waals surface area contributed by atoms with Gasteiger partial charge >= 0.3 is 0 Å². The molecule has 1 N–H and O–H groups in total. The highest BCUT2D eigenvalue weighted by Gasteiger charge is 2.29. The number of amides is 1. The first-order chi connectivity index (χ1) is 12.1. The molecule has 1 amide bonds. The summed E-state index contributed by atoms with van der Waals surface area (Å²) < 4.78 is 0. The Hall–Kier alpha value is -2.63. The molecule has 0 spiro atoms. The molecule has 4 rings (SSSR count). The van der Waals surface area contributed by atoms with Crippen LogP contribution in [0.1, 0.15) is 24.0 Å². The maximum Gasteiger partial charge on any atom is 0.246 e. The second-order valence-electron chi connectivity index (χ2n) is 6.97. The van der Waals surface area contributed by atoms with E-state index >= 15 is 0 Å². The van der Waals surface area contributed by atoms with Gasteiger partial charge in [0.15, 0.2) is 0 Å². The lowest BCUT2D eigenvalue weighted by atomic mass is 10.1. The third-order valence-corrected chi connectivity index (χ3v) is 4.94. The predicted molar refractivity (Wildman–Crippen MR) is 98.9 cm³/mol. The second-order valence-corrected chi connectivity index (χ2v) is 6.97. The van der Waals surface area contributed by atoms with Crippen molar-refractivity contribution in [3.05, 3.63) is 41.7 Å². The molecular formula is C19H23N5O. The van der Waals surface area contributed by atoms with Gasteiger partial charge in [-0.3, -0.25) is 4.79 Å². The lowest BCUT2D eigenvalue weighted by molar-refractivity contribution is -0.117. The number of rotatable bonds is 4. The van der Waals surface area contributed by atoms with E-state index in [2.05, 4.69) is 15.3 Å². The number of carbonyl (C=O) groups is 1. The standard InChI is InChI=1S/C19H23N5O/c1-13-5-3-4-6-16(13)24-10-15-18(20-9-14-7-8-14)21-12-22-19(15)23(2)11-17(24)25/h3-6,12,14H,7-11H2,1-2H3,(H,20,21,22). The minimum atomic E-state index is 0.0722. The zero-order chi connectivity index (χ0) is 17.4. The molecule has 25 heavy (non-hydrogen) atoms. The highest BCUT2D eigenvalue weighted by molar-refractivity contribution is 5.98. The van der Waals surface area contributed by atoms with Crippen molar-refractivity contribution in [3.63, 3.8) is 0 Å². The van der Waals surface area contributed by atoms with Gasteiger partial charge in [0.2, 0.25) is 5.91 Å². The molecule has 0 bridgehead atoms. The number of benzene rings is 1. The lowest BCUT2D eigenvalue weighted by Gasteiger charge is -2.23. The van der Waals surface area contributed by atoms with Crippen LogP contribution in [0.25, 0.3) is 0 Å². The second kappa shape index (κ2) is 6.35. The van der Waals surface area contributed by atoms with E-state index in [1.165, 1.54) is 12.8 Å². The van der Waals surface area contributed by atoms with Gasteiger partial charge in [0, 0.05) is 19.3 Å². The summed E-state index contributed by atoms with van der Waals surface area (Å²) in [4.78, 5) is 25.5. The zero-order valence-corrected chi connectivity index (χ0v) is 14.7. The van der Waals surface area contributed by atoms with Crippen molar-refractivity contribution in [1.82, 2.24) is 9.97 Å². The minimum absolute atomic E-state index is 0.0722. The molecule has 0 radical (unpaired) electrons. The minimum Gasteiger partial charge on any atom is -0.369 e. The Labute approximate surface area is 147 Å². The number of likely N-dealkylation sites (N-methyl/N-ethyl adjacent to an activating group) is 1. The van der Waals surface area contributed by atoms with Crippen LogP contribution < -0.4 is 15.1 Å². The maximum atomic E-state index is 12.8. The molecule has 2 aliphatic rings. The lowest BCUT2D eigenvalue weighted by Crippen LogP contribution is -2.36. The number of para-hydroxylation sites is 1. The van der Waals surface area contributed by atoms with Gasteiger partial charge in [0.05, 0.1) is 18.7 Å². The Morgan fingerprint density at radius 3 is 2.76 bits per heavy atom. The van der Waals surface area contributed by atoms with Crippen LogP contribution in [0.3, 0.4) is 0 Å². The Kier molecular flexibility index (Phi) is 4.03. The molecule has 1 fully saturated rings. The van der Waals surface area contributed by atoms with E-state index in [-0.39, 0.29) is 5.91 Å². The predicted octanol–water partition coefficient (Wildman–Crippen LogP) is 2.59. The average Bonchev–Trinajstić information content (AvgIpc) is 3.43. The summed E-state index contributed by atoms with van der Waals surface area (Å²) in [7, 11) is 1.91. The largest absolute Gasteiger partial charge is 0.369 e. The van der Waals surface area contributed by atoms with Crippen molar-refractivity contribution in [1.29, 1.82) is 0 Å². The van der Waals surface area contributed by atoms with E-state index in [4.69, 9.17) is 0 Å². The fraction of sp³-hybridized carbons (Fsp3) is 0.421. The molecule has 1 saturated carbocycles. The smallest absolute Gasteiger partial charge is 0.246 e. The van der Waals surface area contributed by atoms with E-state index in [9.17, 15) is 4.79 Å². The van der Waals surface area contributed by atoms with Crippen LogP contribution in [0.15, 0.2) is 30.6 Å². The molecule has 2 aromatic rings. The molecule has 1 aromatic carbocycles. The summed E-state index contributed by atoms with van der Waals surface area (Å²) in [5.74, 6) is 2.50. The zero-order valence-electron chi connectivity index (χ0n) is 14.7. The highest BCUT2D eigenvalue weighted by atomic mass is 16.2. The maximum absolute atomic E-state index is 12.8. The number of nitrogens with one attached hydrogen (secondary N) is 1. The molecule has 0 saturated heterocycles. The molecule has 0 unspecified atom stereocenters. The summed E-state index contributed by atoms with van der Waals surface area (Å²) in [6, 6.07) is 8.00. The number of aryl methyl sites for hydroxylation is 1. The number of hydrogen-bond acceptors (Lipinski definition) is 5. The number of anilines is 3. The number of hydrogen-bond donors (Lipinski definition) is 1. The summed E-state index contributed by atoms with van der Waals surface area (Å²) >= 11 is 0. The first-order valence-electron chi connectivity index (χ1n) is 8.78. The molecule has 0 atom stereocenters. The van der Waals surface area contributed by atoms with Gasteiger partial charge in [-0.05, 0) is 37.3 Å². The highest BCUT2D eigenvalue weighted by Crippen LogP contribution is 2.33. The summed E-state index contributed by atoms with van der Waals surface area (Å²) in [6.45, 7) is 3.76. The average molecular weight is 337 g/mol. The van der Waals surface area contributed by atoms with Gasteiger partial charge in [-0.15, -0.1) is 0 Å². The number of carbonyl (C=O) groups excluding carboxylic acids is 1. The van der Waals surface area contributed by atoms with Crippen molar-refractivity contribution >= 4 is 23.2 Å². The normalized spacial score (nSPS) is 17.3. The molecule has 6 nitrogen and oxygen atoms in total. The van der Waals surface area contributed by atoms with Gasteiger partial charge in [0.25, 0.3) is 0 Å². The monoisotopic (exact) mass is 337 g/mol. The Bertz CT molecular complexity index is 802. The fourth-order valence-corrected chi connectivity index (χ4v) is 3.29. The van der Waals surface area contributed by atoms with Crippen molar-refractivity contribution in [2.24, 2.45) is 5.92 Å². The summed E-state index contributed by atoms with van der Waals surface area (Å²) in [5.41, 5.74) is 3.02. The van der Waals surface area contributed by atoms with Crippen molar-refractivity contribution in [2.45, 2.75) is 26.3 Å². The van der Waals surface area contributed by atoms with Gasteiger partial charge in [-0.25, -0.2) is 9.97 Å². The van der Waals surface area contributed by atoms with Crippen LogP contribution in [0.2, 0.25) is 0 Å². The van der Waals surface area contributed by atoms with Crippen LogP contribution in [-0.2, 0) is 11.3 Å². The molecule has 2 heterocycles. The van der Waals surface area contributed by atoms with E-state index in [1.54, 1.807) is 6.33 Å². The van der Waals surface area contributed by atoms with Gasteiger partial charge < -0.3 is 15.1 Å². The van der Waals surface area contributed by atoms with Crippen LogP contribution in [0.5, 0.6) is 0 Å². The summed E-state index contributed by atoms with van der Waals surface area (Å²) in [5, 5.41) is 3.47. The first kappa shape index (κ1) is 15.9. The number of aromatic nitrogens is 2. The van der Waals surface area contributed by atoms with Crippen LogP contribution in [0, 0.1) is 12.8 Å². The summed E-state index contributed by atoms with van der Waals surface area (Å²) in [6.07, 6.45) is 4.15. The number of nitrogens with zero attached hydrogens (tertiary/aromatic N) is 4. The van der Waals surface area contributed by atoms with E-state index in [0.717, 1.165) is 40.9 Å². The van der Waals surface area contributed by atoms with Crippen LogP contribution in [0.4, 0.5) is 17.3 Å².